The number of ether oxygens (including phenoxy) is 2. The van der Waals surface area contributed by atoms with Crippen molar-refractivity contribution in [3.63, 3.8) is 0 Å². The lowest BCUT2D eigenvalue weighted by atomic mass is 10.1. The van der Waals surface area contributed by atoms with Crippen LogP contribution in [0.2, 0.25) is 0 Å². The number of hydrogen-bond acceptors (Lipinski definition) is 8. The third kappa shape index (κ3) is 5.26. The molecule has 4 heterocycles. The fourth-order valence-corrected chi connectivity index (χ4v) is 5.09. The highest BCUT2D eigenvalue weighted by molar-refractivity contribution is 5.89. The molecule has 206 valence electrons. The maximum Gasteiger partial charge on any atom is 0.334 e. The molecule has 1 aromatic carbocycles. The number of pyridine rings is 1. The van der Waals surface area contributed by atoms with Gasteiger partial charge < -0.3 is 24.4 Å². The number of fused-ring (bicyclic) bond motifs is 3. The summed E-state index contributed by atoms with van der Waals surface area (Å²) in [7, 11) is 3.19. The standard InChI is InChI=1S/C28H34N6O5/c1-18(2)9-20-16-34-27(30-20)26-24(12-21(14-29-26)31-5-7-32(8-6-31)25(36)17-35)33(28(34)37)15-19-10-22(38-3)13-23(11-19)39-4/h10-14,16,18,35H,5-9,15,17H2,1-4H3. The third-order valence-electron chi connectivity index (χ3n) is 7.05. The number of amides is 1. The molecule has 11 nitrogen and oxygen atoms in total. The fourth-order valence-electron chi connectivity index (χ4n) is 5.09. The van der Waals surface area contributed by atoms with Crippen molar-refractivity contribution in [1.82, 2.24) is 23.8 Å². The van der Waals surface area contributed by atoms with Gasteiger partial charge in [-0.2, -0.15) is 0 Å². The van der Waals surface area contributed by atoms with Crippen LogP contribution in [0.1, 0.15) is 25.1 Å². The molecule has 4 aromatic rings. The van der Waals surface area contributed by atoms with Gasteiger partial charge in [-0.15, -0.1) is 0 Å². The molecule has 0 radical (unpaired) electrons. The van der Waals surface area contributed by atoms with Crippen molar-refractivity contribution >= 4 is 28.3 Å². The van der Waals surface area contributed by atoms with E-state index in [2.05, 4.69) is 18.7 Å². The lowest BCUT2D eigenvalue weighted by Gasteiger charge is -2.35. The summed E-state index contributed by atoms with van der Waals surface area (Å²) in [6, 6.07) is 7.54. The van der Waals surface area contributed by atoms with E-state index < -0.39 is 6.61 Å². The Morgan fingerprint density at radius 3 is 2.36 bits per heavy atom. The molecule has 1 aliphatic heterocycles. The Hall–Kier alpha value is -4.12. The Balaban J connectivity index is 1.62. The van der Waals surface area contributed by atoms with Crippen LogP contribution in [0.25, 0.3) is 16.7 Å². The molecule has 1 aliphatic rings. The highest BCUT2D eigenvalue weighted by Crippen LogP contribution is 2.27. The maximum atomic E-state index is 13.9. The first-order chi connectivity index (χ1) is 18.8. The number of carbonyl (C=O) groups is 1. The number of aliphatic hydroxyl groups is 1. The quantitative estimate of drug-likeness (QED) is 0.365. The largest absolute Gasteiger partial charge is 0.497 e. The molecule has 0 unspecified atom stereocenters. The zero-order chi connectivity index (χ0) is 27.7. The van der Waals surface area contributed by atoms with Crippen LogP contribution in [0.5, 0.6) is 11.5 Å². The van der Waals surface area contributed by atoms with E-state index in [1.165, 1.54) is 0 Å². The Bertz CT molecular complexity index is 1550. The summed E-state index contributed by atoms with van der Waals surface area (Å²) in [4.78, 5) is 39.2. The number of benzene rings is 1. The lowest BCUT2D eigenvalue weighted by Crippen LogP contribution is -2.49. The lowest BCUT2D eigenvalue weighted by molar-refractivity contribution is -0.134. The molecule has 0 spiro atoms. The zero-order valence-electron chi connectivity index (χ0n) is 22.8. The van der Waals surface area contributed by atoms with Crippen LogP contribution in [0, 0.1) is 5.92 Å². The van der Waals surface area contributed by atoms with Gasteiger partial charge in [-0.05, 0) is 36.1 Å². The SMILES string of the molecule is COc1cc(Cn2c(=O)n3cc(CC(C)C)nc3c3ncc(N4CCN(C(=O)CO)CC4)cc32)cc(OC)c1. The molecule has 11 heteroatoms. The van der Waals surface area contributed by atoms with Gasteiger partial charge >= 0.3 is 5.69 Å². The van der Waals surface area contributed by atoms with Gasteiger partial charge in [0.25, 0.3) is 0 Å². The molecule has 3 aromatic heterocycles. The highest BCUT2D eigenvalue weighted by Gasteiger charge is 2.23. The van der Waals surface area contributed by atoms with Crippen molar-refractivity contribution < 1.29 is 19.4 Å². The van der Waals surface area contributed by atoms with Crippen LogP contribution in [-0.2, 0) is 17.8 Å². The molecule has 1 amide bonds. The minimum Gasteiger partial charge on any atom is -0.497 e. The molecule has 1 saturated heterocycles. The Morgan fingerprint density at radius 1 is 1.05 bits per heavy atom. The maximum absolute atomic E-state index is 13.9. The van der Waals surface area contributed by atoms with E-state index in [1.54, 1.807) is 40.4 Å². The molecule has 0 atom stereocenters. The van der Waals surface area contributed by atoms with Crippen LogP contribution in [0.15, 0.2) is 41.5 Å². The monoisotopic (exact) mass is 534 g/mol. The first-order valence-corrected chi connectivity index (χ1v) is 13.1. The number of rotatable bonds is 8. The summed E-state index contributed by atoms with van der Waals surface area (Å²) in [5, 5.41) is 9.20. The molecular weight excluding hydrogens is 500 g/mol. The fraction of sp³-hybridized carbons (Fsp3) is 0.429. The van der Waals surface area contributed by atoms with Crippen molar-refractivity contribution in [2.24, 2.45) is 5.92 Å². The number of anilines is 1. The first kappa shape index (κ1) is 26.5. The summed E-state index contributed by atoms with van der Waals surface area (Å²) in [5.74, 6) is 1.40. The smallest absolute Gasteiger partial charge is 0.334 e. The highest BCUT2D eigenvalue weighted by atomic mass is 16.5. The van der Waals surface area contributed by atoms with E-state index in [9.17, 15) is 14.7 Å². The van der Waals surface area contributed by atoms with Crippen molar-refractivity contribution in [2.45, 2.75) is 26.8 Å². The number of methoxy groups -OCH3 is 2. The van der Waals surface area contributed by atoms with Gasteiger partial charge in [0.05, 0.1) is 43.9 Å². The van der Waals surface area contributed by atoms with Gasteiger partial charge in [0.15, 0.2) is 5.65 Å². The minimum absolute atomic E-state index is 0.209. The summed E-state index contributed by atoms with van der Waals surface area (Å²) in [5.41, 5.74) is 4.18. The summed E-state index contributed by atoms with van der Waals surface area (Å²) in [6.07, 6.45) is 4.36. The van der Waals surface area contributed by atoms with Crippen LogP contribution < -0.4 is 20.1 Å². The van der Waals surface area contributed by atoms with Gasteiger partial charge in [-0.3, -0.25) is 9.36 Å². The first-order valence-electron chi connectivity index (χ1n) is 13.1. The topological polar surface area (TPSA) is 114 Å². The van der Waals surface area contributed by atoms with E-state index in [0.29, 0.717) is 60.3 Å². The van der Waals surface area contributed by atoms with Crippen LogP contribution in [0.4, 0.5) is 5.69 Å². The average molecular weight is 535 g/mol. The second-order valence-corrected chi connectivity index (χ2v) is 10.2. The molecular formula is C28H34N6O5. The van der Waals surface area contributed by atoms with E-state index in [0.717, 1.165) is 23.4 Å². The average Bonchev–Trinajstić information content (AvgIpc) is 3.37. The second kappa shape index (κ2) is 10.9. The zero-order valence-corrected chi connectivity index (χ0v) is 22.8. The van der Waals surface area contributed by atoms with Gasteiger partial charge in [-0.1, -0.05) is 13.8 Å². The third-order valence-corrected chi connectivity index (χ3v) is 7.05. The number of piperazine rings is 1. The number of carbonyl (C=O) groups excluding carboxylic acids is 1. The van der Waals surface area contributed by atoms with E-state index in [1.807, 2.05) is 24.4 Å². The van der Waals surface area contributed by atoms with Crippen molar-refractivity contribution in [2.75, 3.05) is 51.9 Å². The Labute approximate surface area is 226 Å². The van der Waals surface area contributed by atoms with Gasteiger partial charge in [0.1, 0.15) is 23.6 Å². The summed E-state index contributed by atoms with van der Waals surface area (Å²) >= 11 is 0. The predicted molar refractivity (Wildman–Crippen MR) is 148 cm³/mol. The molecule has 0 saturated carbocycles. The van der Waals surface area contributed by atoms with Crippen LogP contribution >= 0.6 is 0 Å². The number of aliphatic hydroxyl groups excluding tert-OH is 1. The second-order valence-electron chi connectivity index (χ2n) is 10.2. The van der Waals surface area contributed by atoms with Crippen LogP contribution in [0.3, 0.4) is 0 Å². The van der Waals surface area contributed by atoms with E-state index in [4.69, 9.17) is 19.4 Å². The van der Waals surface area contributed by atoms with Gasteiger partial charge in [0.2, 0.25) is 5.91 Å². The number of imidazole rings is 1. The molecule has 0 bridgehead atoms. The molecule has 1 fully saturated rings. The molecule has 5 rings (SSSR count). The Morgan fingerprint density at radius 2 is 1.74 bits per heavy atom. The van der Waals surface area contributed by atoms with E-state index >= 15 is 0 Å². The summed E-state index contributed by atoms with van der Waals surface area (Å²) in [6.45, 7) is 6.24. The number of hydrogen-bond donors (Lipinski definition) is 1. The van der Waals surface area contributed by atoms with E-state index in [-0.39, 0.29) is 18.1 Å². The van der Waals surface area contributed by atoms with Crippen molar-refractivity contribution in [1.29, 1.82) is 0 Å². The minimum atomic E-state index is -0.488. The normalized spacial score (nSPS) is 14.0. The van der Waals surface area contributed by atoms with Crippen molar-refractivity contribution in [3.8, 4) is 11.5 Å². The molecule has 39 heavy (non-hydrogen) atoms. The number of aromatic nitrogens is 4. The molecule has 1 N–H and O–H groups in total. The van der Waals surface area contributed by atoms with Crippen molar-refractivity contribution in [3.05, 3.63) is 58.4 Å². The number of nitrogens with zero attached hydrogens (tertiary/aromatic N) is 6. The van der Waals surface area contributed by atoms with Crippen LogP contribution in [-0.4, -0.2) is 81.9 Å². The summed E-state index contributed by atoms with van der Waals surface area (Å²) < 4.78 is 14.2. The van der Waals surface area contributed by atoms with Gasteiger partial charge in [0, 0.05) is 38.4 Å². The molecule has 0 aliphatic carbocycles. The Kier molecular flexibility index (Phi) is 7.42. The predicted octanol–water partition coefficient (Wildman–Crippen LogP) is 1.95. The van der Waals surface area contributed by atoms with Gasteiger partial charge in [-0.25, -0.2) is 19.2 Å².